The topological polar surface area (TPSA) is 68.9 Å². The van der Waals surface area contributed by atoms with E-state index >= 15 is 0 Å². The molecule has 0 spiro atoms. The third-order valence-electron chi connectivity index (χ3n) is 4.31. The van der Waals surface area contributed by atoms with Crippen LogP contribution in [0.15, 0.2) is 59.4 Å². The first-order chi connectivity index (χ1) is 14.7. The van der Waals surface area contributed by atoms with Crippen LogP contribution in [-0.4, -0.2) is 20.3 Å². The molecule has 1 amide bonds. The summed E-state index contributed by atoms with van der Waals surface area (Å²) in [6, 6.07) is 11.4. The van der Waals surface area contributed by atoms with E-state index in [9.17, 15) is 22.8 Å². The van der Waals surface area contributed by atoms with Gasteiger partial charge in [0.15, 0.2) is 5.82 Å². The van der Waals surface area contributed by atoms with Crippen molar-refractivity contribution in [2.24, 2.45) is 0 Å². The van der Waals surface area contributed by atoms with E-state index in [0.29, 0.717) is 16.4 Å². The van der Waals surface area contributed by atoms with Crippen molar-refractivity contribution >= 4 is 23.7 Å². The summed E-state index contributed by atoms with van der Waals surface area (Å²) < 4.78 is 40.7. The molecule has 0 aliphatic rings. The molecule has 0 unspecified atom stereocenters. The lowest BCUT2D eigenvalue weighted by Crippen LogP contribution is -2.32. The normalized spacial score (nSPS) is 11.8. The van der Waals surface area contributed by atoms with Gasteiger partial charge in [0.1, 0.15) is 6.54 Å². The number of hydrogen-bond donors (Lipinski definition) is 1. The number of nitrogens with zero attached hydrogens (tertiary/aromatic N) is 3. The zero-order valence-corrected chi connectivity index (χ0v) is 17.1. The maximum Gasteiger partial charge on any atom is 0.416 e. The van der Waals surface area contributed by atoms with E-state index in [1.807, 2.05) is 0 Å². The first-order valence-electron chi connectivity index (χ1n) is 9.20. The molecule has 6 nitrogen and oxygen atoms in total. The Hall–Kier alpha value is -3.33. The van der Waals surface area contributed by atoms with Crippen LogP contribution in [0, 0.1) is 0 Å². The van der Waals surface area contributed by atoms with Crippen LogP contribution < -0.4 is 11.0 Å². The van der Waals surface area contributed by atoms with Crippen LogP contribution in [0.3, 0.4) is 0 Å². The minimum atomic E-state index is -4.47. The number of carbonyl (C=O) groups excluding carboxylic acids is 1. The standard InChI is InChI=1S/C21H18ClF3N4O2/c1-2-10-28-19(15-6-8-17(22)9-7-15)27-29(20(28)31)13-18(30)26-12-14-4-3-5-16(11-14)21(23,24)25/h2-11H,12-13H2,1H3,(H,26,30). The quantitative estimate of drug-likeness (QED) is 0.612. The number of halogens is 4. The number of alkyl halides is 3. The molecule has 31 heavy (non-hydrogen) atoms. The Balaban J connectivity index is 1.76. The fourth-order valence-corrected chi connectivity index (χ4v) is 2.98. The lowest BCUT2D eigenvalue weighted by Gasteiger charge is -2.09. The van der Waals surface area contributed by atoms with Crippen molar-refractivity contribution in [3.05, 3.63) is 81.2 Å². The largest absolute Gasteiger partial charge is 0.416 e. The monoisotopic (exact) mass is 450 g/mol. The second kappa shape index (κ2) is 9.22. The summed E-state index contributed by atoms with van der Waals surface area (Å²) >= 11 is 5.90. The molecule has 2 aromatic carbocycles. The van der Waals surface area contributed by atoms with Gasteiger partial charge in [0.05, 0.1) is 5.56 Å². The van der Waals surface area contributed by atoms with Crippen LogP contribution in [0.1, 0.15) is 18.1 Å². The van der Waals surface area contributed by atoms with Crippen molar-refractivity contribution in [2.45, 2.75) is 26.2 Å². The van der Waals surface area contributed by atoms with Crippen molar-refractivity contribution in [2.75, 3.05) is 0 Å². The van der Waals surface area contributed by atoms with Gasteiger partial charge in [-0.1, -0.05) is 29.8 Å². The molecule has 0 radical (unpaired) electrons. The average molecular weight is 451 g/mol. The minimum Gasteiger partial charge on any atom is -0.350 e. The number of benzene rings is 2. The van der Waals surface area contributed by atoms with E-state index in [1.165, 1.54) is 22.9 Å². The van der Waals surface area contributed by atoms with Crippen molar-refractivity contribution < 1.29 is 18.0 Å². The maximum absolute atomic E-state index is 12.8. The van der Waals surface area contributed by atoms with Gasteiger partial charge in [0.2, 0.25) is 5.91 Å². The number of hydrogen-bond acceptors (Lipinski definition) is 3. The second-order valence-electron chi connectivity index (χ2n) is 6.60. The molecule has 1 aromatic heterocycles. The maximum atomic E-state index is 12.8. The van der Waals surface area contributed by atoms with Gasteiger partial charge in [-0.2, -0.15) is 13.2 Å². The number of aromatic nitrogens is 3. The Morgan fingerprint density at radius 2 is 1.90 bits per heavy atom. The Morgan fingerprint density at radius 3 is 2.55 bits per heavy atom. The van der Waals surface area contributed by atoms with Gasteiger partial charge in [-0.25, -0.2) is 9.48 Å². The fraction of sp³-hybridized carbons (Fsp3) is 0.190. The lowest BCUT2D eigenvalue weighted by atomic mass is 10.1. The van der Waals surface area contributed by atoms with E-state index in [1.54, 1.807) is 37.3 Å². The minimum absolute atomic E-state index is 0.114. The lowest BCUT2D eigenvalue weighted by molar-refractivity contribution is -0.137. The summed E-state index contributed by atoms with van der Waals surface area (Å²) in [4.78, 5) is 25.0. The fourth-order valence-electron chi connectivity index (χ4n) is 2.85. The average Bonchev–Trinajstić information content (AvgIpc) is 3.02. The van der Waals surface area contributed by atoms with Crippen molar-refractivity contribution in [3.63, 3.8) is 0 Å². The molecule has 3 rings (SSSR count). The zero-order chi connectivity index (χ0) is 22.6. The predicted molar refractivity (Wildman–Crippen MR) is 111 cm³/mol. The Bertz CT molecular complexity index is 1160. The molecule has 0 fully saturated rings. The van der Waals surface area contributed by atoms with Crippen LogP contribution in [0.4, 0.5) is 13.2 Å². The number of nitrogens with one attached hydrogen (secondary N) is 1. The highest BCUT2D eigenvalue weighted by atomic mass is 35.5. The van der Waals surface area contributed by atoms with Gasteiger partial charge >= 0.3 is 11.9 Å². The van der Waals surface area contributed by atoms with Crippen molar-refractivity contribution in [1.29, 1.82) is 0 Å². The number of carbonyl (C=O) groups is 1. The van der Waals surface area contributed by atoms with Crippen LogP contribution >= 0.6 is 11.6 Å². The molecule has 0 saturated heterocycles. The summed E-state index contributed by atoms with van der Waals surface area (Å²) in [5, 5.41) is 7.27. The van der Waals surface area contributed by atoms with Crippen LogP contribution in [0.5, 0.6) is 0 Å². The predicted octanol–water partition coefficient (Wildman–Crippen LogP) is 4.19. The molecule has 1 N–H and O–H groups in total. The van der Waals surface area contributed by atoms with Crippen LogP contribution in [0.2, 0.25) is 5.02 Å². The van der Waals surface area contributed by atoms with E-state index < -0.39 is 23.3 Å². The molecule has 3 aromatic rings. The third kappa shape index (κ3) is 5.43. The van der Waals surface area contributed by atoms with E-state index in [0.717, 1.165) is 16.8 Å². The Labute approximate surface area is 180 Å². The molecule has 0 aliphatic carbocycles. The Morgan fingerprint density at radius 1 is 1.19 bits per heavy atom. The van der Waals surface area contributed by atoms with Gasteiger partial charge in [-0.05, 0) is 48.9 Å². The molecule has 10 heteroatoms. The molecular weight excluding hydrogens is 433 g/mol. The van der Waals surface area contributed by atoms with E-state index in [2.05, 4.69) is 10.4 Å². The first kappa shape index (κ1) is 22.4. The summed E-state index contributed by atoms with van der Waals surface area (Å²) in [5.41, 5.74) is -0.412. The summed E-state index contributed by atoms with van der Waals surface area (Å²) in [6.45, 7) is 1.23. The number of rotatable bonds is 6. The van der Waals surface area contributed by atoms with Crippen LogP contribution in [0.25, 0.3) is 17.6 Å². The summed E-state index contributed by atoms with van der Waals surface area (Å²) in [5.74, 6) is -0.238. The first-order valence-corrected chi connectivity index (χ1v) is 9.58. The molecule has 0 atom stereocenters. The summed E-state index contributed by atoms with van der Waals surface area (Å²) in [6.07, 6.45) is -1.29. The van der Waals surface area contributed by atoms with E-state index in [-0.39, 0.29) is 18.7 Å². The third-order valence-corrected chi connectivity index (χ3v) is 4.56. The molecule has 0 aliphatic heterocycles. The summed E-state index contributed by atoms with van der Waals surface area (Å²) in [7, 11) is 0. The second-order valence-corrected chi connectivity index (χ2v) is 7.03. The van der Waals surface area contributed by atoms with Crippen molar-refractivity contribution in [3.8, 4) is 11.4 Å². The zero-order valence-electron chi connectivity index (χ0n) is 16.4. The van der Waals surface area contributed by atoms with Crippen LogP contribution in [-0.2, 0) is 24.1 Å². The number of amides is 1. The molecule has 0 bridgehead atoms. The smallest absolute Gasteiger partial charge is 0.350 e. The Kier molecular flexibility index (Phi) is 6.65. The molecular formula is C21H18ClF3N4O2. The van der Waals surface area contributed by atoms with Gasteiger partial charge < -0.3 is 5.32 Å². The highest BCUT2D eigenvalue weighted by Gasteiger charge is 2.30. The van der Waals surface area contributed by atoms with Gasteiger partial charge in [0, 0.05) is 23.3 Å². The van der Waals surface area contributed by atoms with Gasteiger partial charge in [-0.3, -0.25) is 9.36 Å². The van der Waals surface area contributed by atoms with E-state index in [4.69, 9.17) is 11.6 Å². The number of allylic oxidation sites excluding steroid dienone is 1. The van der Waals surface area contributed by atoms with Gasteiger partial charge in [-0.15, -0.1) is 5.10 Å². The highest BCUT2D eigenvalue weighted by molar-refractivity contribution is 6.30. The SMILES string of the molecule is CC=Cn1c(-c2ccc(Cl)cc2)nn(CC(=O)NCc2cccc(C(F)(F)F)c2)c1=O. The molecule has 1 heterocycles. The highest BCUT2D eigenvalue weighted by Crippen LogP contribution is 2.29. The molecule has 0 saturated carbocycles. The molecule has 162 valence electrons. The van der Waals surface area contributed by atoms with Crippen molar-refractivity contribution in [1.82, 2.24) is 19.7 Å². The van der Waals surface area contributed by atoms with Gasteiger partial charge in [0.25, 0.3) is 0 Å².